The summed E-state index contributed by atoms with van der Waals surface area (Å²) in [5.41, 5.74) is 1.82. The maximum Gasteiger partial charge on any atom is 0.336 e. The van der Waals surface area contributed by atoms with Crippen LogP contribution in [-0.2, 0) is 0 Å². The minimum Gasteiger partial charge on any atom is -0.478 e. The molecule has 0 unspecified atom stereocenters. The van der Waals surface area contributed by atoms with Gasteiger partial charge in [-0.05, 0) is 18.2 Å². The number of pyridine rings is 1. The van der Waals surface area contributed by atoms with Gasteiger partial charge in [-0.1, -0.05) is 24.3 Å². The Morgan fingerprint density at radius 2 is 1.89 bits per heavy atom. The lowest BCUT2D eigenvalue weighted by Gasteiger charge is -2.04. The molecule has 0 bridgehead atoms. The second-order valence-corrected chi connectivity index (χ2v) is 3.93. The van der Waals surface area contributed by atoms with Crippen molar-refractivity contribution < 1.29 is 9.90 Å². The number of hydrogen-bond donors (Lipinski definition) is 1. The molecule has 0 saturated heterocycles. The van der Waals surface area contributed by atoms with Crippen LogP contribution >= 0.6 is 0 Å². The highest BCUT2D eigenvalue weighted by Crippen LogP contribution is 2.23. The van der Waals surface area contributed by atoms with Gasteiger partial charge in [0.2, 0.25) is 0 Å². The Morgan fingerprint density at radius 1 is 1.11 bits per heavy atom. The predicted molar refractivity (Wildman–Crippen MR) is 67.6 cm³/mol. The molecular weight excluding hydrogens is 228 g/mol. The van der Waals surface area contributed by atoms with E-state index in [1.54, 1.807) is 24.4 Å². The van der Waals surface area contributed by atoms with E-state index < -0.39 is 5.97 Å². The quantitative estimate of drug-likeness (QED) is 0.746. The van der Waals surface area contributed by atoms with E-state index in [2.05, 4.69) is 4.98 Å². The van der Waals surface area contributed by atoms with Crippen LogP contribution in [0.15, 0.2) is 54.9 Å². The van der Waals surface area contributed by atoms with Gasteiger partial charge in [0.1, 0.15) is 5.82 Å². The van der Waals surface area contributed by atoms with E-state index in [0.717, 1.165) is 5.52 Å². The van der Waals surface area contributed by atoms with E-state index in [9.17, 15) is 9.90 Å². The van der Waals surface area contributed by atoms with Crippen molar-refractivity contribution in [1.29, 1.82) is 0 Å². The van der Waals surface area contributed by atoms with Gasteiger partial charge >= 0.3 is 5.97 Å². The van der Waals surface area contributed by atoms with Gasteiger partial charge in [0.25, 0.3) is 0 Å². The molecule has 2 heterocycles. The number of carboxylic acids is 1. The molecule has 4 nitrogen and oxygen atoms in total. The Kier molecular flexibility index (Phi) is 2.34. The molecule has 0 aliphatic heterocycles. The van der Waals surface area contributed by atoms with E-state index in [-0.39, 0.29) is 5.56 Å². The van der Waals surface area contributed by atoms with E-state index in [1.807, 2.05) is 34.9 Å². The first-order valence-electron chi connectivity index (χ1n) is 5.52. The van der Waals surface area contributed by atoms with E-state index in [4.69, 9.17) is 0 Å². The fourth-order valence-corrected chi connectivity index (χ4v) is 2.01. The Morgan fingerprint density at radius 3 is 2.72 bits per heavy atom. The lowest BCUT2D eigenvalue weighted by atomic mass is 10.1. The summed E-state index contributed by atoms with van der Waals surface area (Å²) in [5.74, 6) is -0.304. The molecule has 0 fully saturated rings. The van der Waals surface area contributed by atoms with Crippen molar-refractivity contribution in [3.8, 4) is 11.4 Å². The third-order valence-electron chi connectivity index (χ3n) is 2.84. The maximum atomic E-state index is 11.2. The van der Waals surface area contributed by atoms with Gasteiger partial charge < -0.3 is 5.11 Å². The van der Waals surface area contributed by atoms with Crippen molar-refractivity contribution in [3.63, 3.8) is 0 Å². The van der Waals surface area contributed by atoms with Crippen LogP contribution in [0.25, 0.3) is 16.9 Å². The summed E-state index contributed by atoms with van der Waals surface area (Å²) in [7, 11) is 0. The zero-order valence-electron chi connectivity index (χ0n) is 9.45. The number of carboxylic acid groups (broad SMARTS) is 1. The summed E-state index contributed by atoms with van der Waals surface area (Å²) in [6.07, 6.45) is 3.60. The van der Waals surface area contributed by atoms with Crippen molar-refractivity contribution in [1.82, 2.24) is 9.38 Å². The summed E-state index contributed by atoms with van der Waals surface area (Å²) < 4.78 is 1.88. The second-order valence-electron chi connectivity index (χ2n) is 3.93. The Hall–Kier alpha value is -2.62. The molecule has 0 aliphatic rings. The van der Waals surface area contributed by atoms with Gasteiger partial charge in [-0.3, -0.25) is 4.40 Å². The smallest absolute Gasteiger partial charge is 0.336 e. The fourth-order valence-electron chi connectivity index (χ4n) is 2.01. The lowest BCUT2D eigenvalue weighted by Crippen LogP contribution is -2.01. The third kappa shape index (κ3) is 1.55. The molecule has 2 aromatic heterocycles. The summed E-state index contributed by atoms with van der Waals surface area (Å²) in [6.45, 7) is 0. The normalized spacial score (nSPS) is 10.7. The highest BCUT2D eigenvalue weighted by Gasteiger charge is 2.14. The van der Waals surface area contributed by atoms with Crippen LogP contribution in [0, 0.1) is 0 Å². The molecule has 0 atom stereocenters. The zero-order chi connectivity index (χ0) is 12.5. The van der Waals surface area contributed by atoms with Crippen LogP contribution in [0.4, 0.5) is 0 Å². The van der Waals surface area contributed by atoms with Crippen molar-refractivity contribution in [2.75, 3.05) is 0 Å². The molecule has 0 amide bonds. The van der Waals surface area contributed by atoms with Crippen LogP contribution in [0.2, 0.25) is 0 Å². The molecule has 0 aliphatic carbocycles. The average molecular weight is 238 g/mol. The first-order valence-corrected chi connectivity index (χ1v) is 5.52. The monoisotopic (exact) mass is 238 g/mol. The van der Waals surface area contributed by atoms with Gasteiger partial charge in [0, 0.05) is 11.8 Å². The molecule has 88 valence electrons. The van der Waals surface area contributed by atoms with Crippen LogP contribution in [-0.4, -0.2) is 20.5 Å². The van der Waals surface area contributed by atoms with Gasteiger partial charge in [-0.15, -0.1) is 0 Å². The van der Waals surface area contributed by atoms with E-state index in [0.29, 0.717) is 11.4 Å². The third-order valence-corrected chi connectivity index (χ3v) is 2.84. The number of aromatic carboxylic acids is 1. The number of fused-ring (bicyclic) bond motifs is 1. The van der Waals surface area contributed by atoms with Crippen LogP contribution in [0.5, 0.6) is 0 Å². The molecule has 0 radical (unpaired) electrons. The van der Waals surface area contributed by atoms with Crippen molar-refractivity contribution in [2.24, 2.45) is 0 Å². The van der Waals surface area contributed by atoms with Crippen molar-refractivity contribution in [2.45, 2.75) is 0 Å². The second kappa shape index (κ2) is 4.00. The van der Waals surface area contributed by atoms with Crippen LogP contribution in [0.1, 0.15) is 10.4 Å². The summed E-state index contributed by atoms with van der Waals surface area (Å²) in [4.78, 5) is 15.5. The number of aromatic nitrogens is 2. The number of hydrogen-bond acceptors (Lipinski definition) is 2. The molecule has 4 heteroatoms. The number of nitrogens with zero attached hydrogens (tertiary/aromatic N) is 2. The SMILES string of the molecule is O=C(O)c1ccccc1-c1ncc2ccccn12. The minimum atomic E-state index is -0.946. The molecule has 0 saturated carbocycles. The van der Waals surface area contributed by atoms with Crippen molar-refractivity contribution in [3.05, 3.63) is 60.4 Å². The van der Waals surface area contributed by atoms with Crippen molar-refractivity contribution >= 4 is 11.5 Å². The van der Waals surface area contributed by atoms with Gasteiger partial charge in [-0.2, -0.15) is 0 Å². The molecular formula is C14H10N2O2. The number of imidazole rings is 1. The Labute approximate surface area is 103 Å². The molecule has 0 spiro atoms. The standard InChI is InChI=1S/C14H10N2O2/c17-14(18)12-7-2-1-6-11(12)13-15-9-10-5-3-4-8-16(10)13/h1-9H,(H,17,18). The molecule has 18 heavy (non-hydrogen) atoms. The number of benzene rings is 1. The van der Waals surface area contributed by atoms with Gasteiger partial charge in [0.15, 0.2) is 0 Å². The minimum absolute atomic E-state index is 0.258. The lowest BCUT2D eigenvalue weighted by molar-refractivity contribution is 0.0697. The van der Waals surface area contributed by atoms with E-state index >= 15 is 0 Å². The van der Waals surface area contributed by atoms with E-state index in [1.165, 1.54) is 0 Å². The topological polar surface area (TPSA) is 54.6 Å². The first-order chi connectivity index (χ1) is 8.77. The summed E-state index contributed by atoms with van der Waals surface area (Å²) >= 11 is 0. The fraction of sp³-hybridized carbons (Fsp3) is 0. The number of rotatable bonds is 2. The highest BCUT2D eigenvalue weighted by atomic mass is 16.4. The van der Waals surface area contributed by atoms with Gasteiger partial charge in [0.05, 0.1) is 17.3 Å². The molecule has 3 rings (SSSR count). The van der Waals surface area contributed by atoms with Crippen LogP contribution < -0.4 is 0 Å². The molecule has 1 aromatic carbocycles. The first kappa shape index (κ1) is 10.5. The average Bonchev–Trinajstić information content (AvgIpc) is 2.82. The summed E-state index contributed by atoms with van der Waals surface area (Å²) in [5, 5.41) is 9.20. The van der Waals surface area contributed by atoms with Crippen LogP contribution in [0.3, 0.4) is 0 Å². The maximum absolute atomic E-state index is 11.2. The highest BCUT2D eigenvalue weighted by molar-refractivity contribution is 5.95. The largest absolute Gasteiger partial charge is 0.478 e. The Balaban J connectivity index is 2.30. The number of carbonyl (C=O) groups is 1. The predicted octanol–water partition coefficient (Wildman–Crippen LogP) is 2.70. The molecule has 1 N–H and O–H groups in total. The Bertz CT molecular complexity index is 731. The van der Waals surface area contributed by atoms with Gasteiger partial charge in [-0.25, -0.2) is 9.78 Å². The summed E-state index contributed by atoms with van der Waals surface area (Å²) in [6, 6.07) is 12.6. The zero-order valence-corrected chi connectivity index (χ0v) is 9.45. The molecule has 3 aromatic rings.